The zero-order chi connectivity index (χ0) is 15.8. The number of nitrogens with one attached hydrogen (secondary N) is 1. The van der Waals surface area contributed by atoms with Gasteiger partial charge in [0.2, 0.25) is 0 Å². The Hall–Kier alpha value is -1.53. The number of carboxylic acids is 1. The zero-order valence-electron chi connectivity index (χ0n) is 11.1. The van der Waals surface area contributed by atoms with E-state index in [2.05, 4.69) is 5.32 Å². The first-order chi connectivity index (χ1) is 9.73. The summed E-state index contributed by atoms with van der Waals surface area (Å²) in [6.45, 7) is 1.98. The molecule has 8 heteroatoms. The lowest BCUT2D eigenvalue weighted by Gasteiger charge is -2.21. The molecule has 5 nitrogen and oxygen atoms in total. The van der Waals surface area contributed by atoms with Gasteiger partial charge in [-0.2, -0.15) is 0 Å². The molecule has 1 aliphatic rings. The third-order valence-electron chi connectivity index (χ3n) is 3.52. The van der Waals surface area contributed by atoms with Crippen LogP contribution in [0.3, 0.4) is 0 Å². The van der Waals surface area contributed by atoms with E-state index in [0.29, 0.717) is 13.0 Å². The lowest BCUT2D eigenvalue weighted by Crippen LogP contribution is -2.37. The summed E-state index contributed by atoms with van der Waals surface area (Å²) < 4.78 is 13.1. The van der Waals surface area contributed by atoms with Gasteiger partial charge in [-0.15, -0.1) is 0 Å². The molecule has 0 aliphatic carbocycles. The first-order valence-electron chi connectivity index (χ1n) is 6.17. The van der Waals surface area contributed by atoms with E-state index >= 15 is 0 Å². The molecule has 1 saturated heterocycles. The van der Waals surface area contributed by atoms with Crippen molar-refractivity contribution in [3.63, 3.8) is 0 Å². The molecule has 0 spiro atoms. The van der Waals surface area contributed by atoms with Crippen LogP contribution in [0.4, 0.5) is 14.9 Å². The van der Waals surface area contributed by atoms with Gasteiger partial charge in [-0.05, 0) is 25.5 Å². The number of hydrogen-bond donors (Lipinski definition) is 2. The van der Waals surface area contributed by atoms with Gasteiger partial charge in [0.1, 0.15) is 5.82 Å². The minimum atomic E-state index is -0.965. The average molecular weight is 335 g/mol. The molecule has 21 heavy (non-hydrogen) atoms. The molecular formula is C13H13Cl2FN2O3. The highest BCUT2D eigenvalue weighted by Crippen LogP contribution is 2.34. The standard InChI is InChI=1S/C13H13Cl2FN2O3/c1-13(11(19)20)2-3-18(6-13)12(21)17-10-8(14)4-7(16)5-9(10)15/h4-5H,2-3,6H2,1H3,(H,17,21)(H,19,20). The fourth-order valence-corrected chi connectivity index (χ4v) is 2.71. The van der Waals surface area contributed by atoms with E-state index in [0.717, 1.165) is 12.1 Å². The van der Waals surface area contributed by atoms with Crippen LogP contribution in [-0.2, 0) is 4.79 Å². The molecule has 2 amide bonds. The van der Waals surface area contributed by atoms with E-state index in [9.17, 15) is 14.0 Å². The largest absolute Gasteiger partial charge is 0.481 e. The summed E-state index contributed by atoms with van der Waals surface area (Å²) in [5.74, 6) is -1.56. The zero-order valence-corrected chi connectivity index (χ0v) is 12.6. The molecule has 0 aromatic heterocycles. The van der Waals surface area contributed by atoms with Crippen molar-refractivity contribution in [3.8, 4) is 0 Å². The van der Waals surface area contributed by atoms with E-state index in [4.69, 9.17) is 28.3 Å². The van der Waals surface area contributed by atoms with Crippen LogP contribution >= 0.6 is 23.2 Å². The van der Waals surface area contributed by atoms with Crippen molar-refractivity contribution < 1.29 is 19.1 Å². The Kier molecular flexibility index (Phi) is 4.30. The van der Waals surface area contributed by atoms with Crippen LogP contribution < -0.4 is 5.32 Å². The van der Waals surface area contributed by atoms with Gasteiger partial charge in [0.25, 0.3) is 0 Å². The van der Waals surface area contributed by atoms with Crippen molar-refractivity contribution in [2.75, 3.05) is 18.4 Å². The van der Waals surface area contributed by atoms with E-state index in [1.54, 1.807) is 6.92 Å². The molecule has 1 fully saturated rings. The normalized spacial score (nSPS) is 21.4. The van der Waals surface area contributed by atoms with Crippen molar-refractivity contribution in [2.24, 2.45) is 5.41 Å². The highest BCUT2D eigenvalue weighted by molar-refractivity contribution is 6.39. The average Bonchev–Trinajstić information content (AvgIpc) is 2.78. The molecule has 0 radical (unpaired) electrons. The molecule has 1 aliphatic heterocycles. The Labute approximate surface area is 130 Å². The van der Waals surface area contributed by atoms with E-state index < -0.39 is 23.2 Å². The fourth-order valence-electron chi connectivity index (χ4n) is 2.16. The fraction of sp³-hybridized carbons (Fsp3) is 0.385. The van der Waals surface area contributed by atoms with Crippen molar-refractivity contribution in [3.05, 3.63) is 28.0 Å². The van der Waals surface area contributed by atoms with Crippen LogP contribution in [0.25, 0.3) is 0 Å². The smallest absolute Gasteiger partial charge is 0.321 e. The highest BCUT2D eigenvalue weighted by Gasteiger charge is 2.42. The Morgan fingerprint density at radius 3 is 2.43 bits per heavy atom. The van der Waals surface area contributed by atoms with Crippen molar-refractivity contribution in [2.45, 2.75) is 13.3 Å². The van der Waals surface area contributed by atoms with E-state index in [-0.39, 0.29) is 22.3 Å². The number of rotatable bonds is 2. The molecule has 0 saturated carbocycles. The van der Waals surface area contributed by atoms with Crippen molar-refractivity contribution in [1.29, 1.82) is 0 Å². The summed E-state index contributed by atoms with van der Waals surface area (Å²) in [6, 6.07) is 1.55. The Morgan fingerprint density at radius 2 is 1.95 bits per heavy atom. The molecule has 1 aromatic rings. The minimum Gasteiger partial charge on any atom is -0.481 e. The number of hydrogen-bond acceptors (Lipinski definition) is 2. The molecular weight excluding hydrogens is 322 g/mol. The summed E-state index contributed by atoms with van der Waals surface area (Å²) >= 11 is 11.7. The topological polar surface area (TPSA) is 69.6 Å². The number of halogens is 3. The van der Waals surface area contributed by atoms with Crippen LogP contribution in [0, 0.1) is 11.2 Å². The maximum atomic E-state index is 13.1. The van der Waals surface area contributed by atoms with Crippen LogP contribution in [0.15, 0.2) is 12.1 Å². The molecule has 2 N–H and O–H groups in total. The Bertz CT molecular complexity index is 588. The molecule has 1 aromatic carbocycles. The number of amides is 2. The van der Waals surface area contributed by atoms with Gasteiger partial charge in [0.15, 0.2) is 0 Å². The molecule has 1 unspecified atom stereocenters. The number of nitrogens with zero attached hydrogens (tertiary/aromatic N) is 1. The van der Waals surface area contributed by atoms with Gasteiger partial charge in [-0.25, -0.2) is 9.18 Å². The van der Waals surface area contributed by atoms with Gasteiger partial charge in [-0.1, -0.05) is 23.2 Å². The quantitative estimate of drug-likeness (QED) is 0.870. The number of benzene rings is 1. The van der Waals surface area contributed by atoms with Gasteiger partial charge in [-0.3, -0.25) is 4.79 Å². The Morgan fingerprint density at radius 1 is 1.38 bits per heavy atom. The third-order valence-corrected chi connectivity index (χ3v) is 4.11. The number of aliphatic carboxylic acids is 1. The number of anilines is 1. The van der Waals surface area contributed by atoms with Gasteiger partial charge >= 0.3 is 12.0 Å². The second kappa shape index (κ2) is 5.69. The van der Waals surface area contributed by atoms with Gasteiger partial charge in [0.05, 0.1) is 21.1 Å². The molecule has 0 bridgehead atoms. The second-order valence-corrected chi connectivity index (χ2v) is 6.03. The summed E-state index contributed by atoms with van der Waals surface area (Å²) in [6.07, 6.45) is 0.362. The summed E-state index contributed by atoms with van der Waals surface area (Å²) in [4.78, 5) is 24.6. The molecule has 1 atom stereocenters. The molecule has 2 rings (SSSR count). The monoisotopic (exact) mass is 334 g/mol. The predicted molar refractivity (Wildman–Crippen MR) is 77.4 cm³/mol. The van der Waals surface area contributed by atoms with Crippen LogP contribution in [-0.4, -0.2) is 35.1 Å². The summed E-state index contributed by atoms with van der Waals surface area (Å²) in [7, 11) is 0. The van der Waals surface area contributed by atoms with Crippen LogP contribution in [0.2, 0.25) is 10.0 Å². The SMILES string of the molecule is CC1(C(=O)O)CCN(C(=O)Nc2c(Cl)cc(F)cc2Cl)C1. The second-order valence-electron chi connectivity index (χ2n) is 5.21. The van der Waals surface area contributed by atoms with Crippen LogP contribution in [0.5, 0.6) is 0 Å². The summed E-state index contributed by atoms with van der Waals surface area (Å²) in [5, 5.41) is 11.6. The predicted octanol–water partition coefficient (Wildman–Crippen LogP) is 3.46. The first kappa shape index (κ1) is 15.9. The third kappa shape index (κ3) is 3.22. The Balaban J connectivity index is 2.12. The maximum absolute atomic E-state index is 13.1. The number of urea groups is 1. The van der Waals surface area contributed by atoms with E-state index in [1.165, 1.54) is 4.90 Å². The number of likely N-dealkylation sites (tertiary alicyclic amines) is 1. The van der Waals surface area contributed by atoms with E-state index in [1.807, 2.05) is 0 Å². The number of carboxylic acid groups (broad SMARTS) is 1. The van der Waals surface area contributed by atoms with Crippen molar-refractivity contribution >= 4 is 40.9 Å². The van der Waals surface area contributed by atoms with Crippen molar-refractivity contribution in [1.82, 2.24) is 4.90 Å². The molecule has 1 heterocycles. The van der Waals surface area contributed by atoms with Gasteiger partial charge < -0.3 is 15.3 Å². The minimum absolute atomic E-state index is 0.0199. The lowest BCUT2D eigenvalue weighted by atomic mass is 9.90. The number of carbonyl (C=O) groups is 2. The lowest BCUT2D eigenvalue weighted by molar-refractivity contribution is -0.146. The highest BCUT2D eigenvalue weighted by atomic mass is 35.5. The maximum Gasteiger partial charge on any atom is 0.321 e. The van der Waals surface area contributed by atoms with Crippen LogP contribution in [0.1, 0.15) is 13.3 Å². The first-order valence-corrected chi connectivity index (χ1v) is 6.92. The number of carbonyl (C=O) groups excluding carboxylic acids is 1. The molecule has 114 valence electrons. The summed E-state index contributed by atoms with van der Waals surface area (Å²) in [5.41, 5.74) is -0.859. The van der Waals surface area contributed by atoms with Gasteiger partial charge in [0, 0.05) is 13.1 Å².